The van der Waals surface area contributed by atoms with Crippen molar-refractivity contribution in [3.05, 3.63) is 30.2 Å². The minimum Gasteiger partial charge on any atom is -0.438 e. The number of hydrogen-bond acceptors (Lipinski definition) is 5. The summed E-state index contributed by atoms with van der Waals surface area (Å²) in [7, 11) is -3.38. The summed E-state index contributed by atoms with van der Waals surface area (Å²) in [5.74, 6) is 0.0890. The number of para-hydroxylation sites is 2. The highest BCUT2D eigenvalue weighted by atomic mass is 32.2. The lowest BCUT2D eigenvalue weighted by atomic mass is 10.2. The SMILES string of the molecule is C[C@H](NC(=O)[C@H]1CCCN1S(C)(=O)=O)c1nc2ccccc2o1. The van der Waals surface area contributed by atoms with Crippen LogP contribution in [0.25, 0.3) is 11.1 Å². The molecule has 1 aliphatic heterocycles. The maximum Gasteiger partial charge on any atom is 0.239 e. The van der Waals surface area contributed by atoms with Crippen molar-refractivity contribution in [2.24, 2.45) is 0 Å². The number of carbonyl (C=O) groups excluding carboxylic acids is 1. The van der Waals surface area contributed by atoms with Crippen LogP contribution < -0.4 is 5.32 Å². The van der Waals surface area contributed by atoms with Crippen molar-refractivity contribution in [1.29, 1.82) is 0 Å². The van der Waals surface area contributed by atoms with Crippen LogP contribution in [-0.4, -0.2) is 42.5 Å². The van der Waals surface area contributed by atoms with Gasteiger partial charge < -0.3 is 9.73 Å². The van der Waals surface area contributed by atoms with Gasteiger partial charge in [0.15, 0.2) is 5.58 Å². The summed E-state index contributed by atoms with van der Waals surface area (Å²) in [6, 6.07) is 6.26. The highest BCUT2D eigenvalue weighted by Crippen LogP contribution is 2.23. The number of nitrogens with one attached hydrogen (secondary N) is 1. The van der Waals surface area contributed by atoms with Crippen LogP contribution in [0.1, 0.15) is 31.7 Å². The van der Waals surface area contributed by atoms with Crippen LogP contribution in [0.4, 0.5) is 0 Å². The van der Waals surface area contributed by atoms with Crippen LogP contribution in [-0.2, 0) is 14.8 Å². The third-order valence-corrected chi connectivity index (χ3v) is 5.26. The molecular formula is C15H19N3O4S. The first-order valence-corrected chi connectivity index (χ1v) is 9.34. The number of sulfonamides is 1. The number of nitrogens with zero attached hydrogens (tertiary/aromatic N) is 2. The Kier molecular flexibility index (Phi) is 4.11. The Morgan fingerprint density at radius 1 is 1.43 bits per heavy atom. The van der Waals surface area contributed by atoms with Crippen LogP contribution in [0.15, 0.2) is 28.7 Å². The quantitative estimate of drug-likeness (QED) is 0.911. The third kappa shape index (κ3) is 3.23. The first kappa shape index (κ1) is 15.9. The monoisotopic (exact) mass is 337 g/mol. The van der Waals surface area contributed by atoms with E-state index in [9.17, 15) is 13.2 Å². The molecule has 1 aromatic heterocycles. The van der Waals surface area contributed by atoms with Gasteiger partial charge in [0.1, 0.15) is 17.6 Å². The van der Waals surface area contributed by atoms with Gasteiger partial charge in [0.25, 0.3) is 0 Å². The average Bonchev–Trinajstić information content (AvgIpc) is 3.13. The molecule has 1 fully saturated rings. The molecule has 1 amide bonds. The summed E-state index contributed by atoms with van der Waals surface area (Å²) in [6.07, 6.45) is 2.34. The molecule has 3 rings (SSSR count). The van der Waals surface area contributed by atoms with E-state index in [1.807, 2.05) is 24.3 Å². The van der Waals surface area contributed by atoms with Crippen molar-refractivity contribution in [3.8, 4) is 0 Å². The normalized spacial score (nSPS) is 20.7. The van der Waals surface area contributed by atoms with E-state index in [0.717, 1.165) is 11.8 Å². The van der Waals surface area contributed by atoms with E-state index in [4.69, 9.17) is 4.42 Å². The zero-order valence-corrected chi connectivity index (χ0v) is 13.8. The fourth-order valence-electron chi connectivity index (χ4n) is 2.85. The molecule has 124 valence electrons. The van der Waals surface area contributed by atoms with E-state index >= 15 is 0 Å². The predicted octanol–water partition coefficient (Wildman–Crippen LogP) is 1.43. The van der Waals surface area contributed by atoms with Crippen molar-refractivity contribution < 1.29 is 17.6 Å². The standard InChI is InChI=1S/C15H19N3O4S/c1-10(15-17-11-6-3-4-8-13(11)22-15)16-14(19)12-7-5-9-18(12)23(2,20)21/h3-4,6,8,10,12H,5,7,9H2,1-2H3,(H,16,19)/t10-,12+/m0/s1. The van der Waals surface area contributed by atoms with E-state index in [2.05, 4.69) is 10.3 Å². The van der Waals surface area contributed by atoms with Crippen molar-refractivity contribution in [2.75, 3.05) is 12.8 Å². The molecule has 0 saturated carbocycles. The average molecular weight is 337 g/mol. The second-order valence-electron chi connectivity index (χ2n) is 5.78. The van der Waals surface area contributed by atoms with Gasteiger partial charge >= 0.3 is 0 Å². The fraction of sp³-hybridized carbons (Fsp3) is 0.467. The number of oxazole rings is 1. The lowest BCUT2D eigenvalue weighted by Gasteiger charge is -2.22. The number of benzene rings is 1. The van der Waals surface area contributed by atoms with Gasteiger partial charge in [0.05, 0.1) is 6.26 Å². The van der Waals surface area contributed by atoms with Crippen molar-refractivity contribution >= 4 is 27.0 Å². The number of hydrogen-bond donors (Lipinski definition) is 1. The third-order valence-electron chi connectivity index (χ3n) is 3.97. The second kappa shape index (κ2) is 5.93. The topological polar surface area (TPSA) is 92.5 Å². The molecule has 0 unspecified atom stereocenters. The van der Waals surface area contributed by atoms with E-state index in [1.54, 1.807) is 6.92 Å². The fourth-order valence-corrected chi connectivity index (χ4v) is 3.97. The van der Waals surface area contributed by atoms with E-state index in [-0.39, 0.29) is 5.91 Å². The van der Waals surface area contributed by atoms with Crippen LogP contribution in [0.3, 0.4) is 0 Å². The molecule has 1 N–H and O–H groups in total. The zero-order chi connectivity index (χ0) is 16.6. The van der Waals surface area contributed by atoms with Gasteiger partial charge in [-0.25, -0.2) is 13.4 Å². The Morgan fingerprint density at radius 2 is 2.17 bits per heavy atom. The minimum absolute atomic E-state index is 0.317. The molecule has 1 saturated heterocycles. The maximum absolute atomic E-state index is 12.4. The van der Waals surface area contributed by atoms with Crippen LogP contribution >= 0.6 is 0 Å². The molecule has 0 radical (unpaired) electrons. The Bertz CT molecular complexity index is 797. The second-order valence-corrected chi connectivity index (χ2v) is 7.72. The smallest absolute Gasteiger partial charge is 0.239 e. The van der Waals surface area contributed by atoms with Gasteiger partial charge in [-0.2, -0.15) is 4.31 Å². The Labute approximate surface area is 134 Å². The number of aromatic nitrogens is 1. The molecule has 1 aliphatic rings. The Balaban J connectivity index is 1.74. The zero-order valence-electron chi connectivity index (χ0n) is 13.0. The number of amides is 1. The largest absolute Gasteiger partial charge is 0.438 e. The number of rotatable bonds is 4. The van der Waals surface area contributed by atoms with Crippen molar-refractivity contribution in [2.45, 2.75) is 31.8 Å². The van der Waals surface area contributed by atoms with Gasteiger partial charge in [-0.05, 0) is 31.9 Å². The first-order valence-electron chi connectivity index (χ1n) is 7.49. The number of carbonyl (C=O) groups is 1. The lowest BCUT2D eigenvalue weighted by Crippen LogP contribution is -2.46. The maximum atomic E-state index is 12.4. The summed E-state index contributed by atoms with van der Waals surface area (Å²) in [4.78, 5) is 16.8. The summed E-state index contributed by atoms with van der Waals surface area (Å²) in [5.41, 5.74) is 1.38. The molecule has 8 heteroatoms. The Hall–Kier alpha value is -1.93. The summed E-state index contributed by atoms with van der Waals surface area (Å²) in [6.45, 7) is 2.15. The highest BCUT2D eigenvalue weighted by molar-refractivity contribution is 7.88. The predicted molar refractivity (Wildman–Crippen MR) is 85.1 cm³/mol. The van der Waals surface area contributed by atoms with Gasteiger partial charge in [0.2, 0.25) is 21.8 Å². The van der Waals surface area contributed by atoms with Crippen molar-refractivity contribution in [1.82, 2.24) is 14.6 Å². The molecule has 0 bridgehead atoms. The Morgan fingerprint density at radius 3 is 2.87 bits per heavy atom. The van der Waals surface area contributed by atoms with E-state index in [1.165, 1.54) is 4.31 Å². The molecule has 1 aromatic carbocycles. The lowest BCUT2D eigenvalue weighted by molar-refractivity contribution is -0.125. The molecule has 0 spiro atoms. The van der Waals surface area contributed by atoms with Crippen LogP contribution in [0.5, 0.6) is 0 Å². The molecule has 2 atom stereocenters. The minimum atomic E-state index is -3.38. The highest BCUT2D eigenvalue weighted by Gasteiger charge is 2.37. The molecular weight excluding hydrogens is 318 g/mol. The van der Waals surface area contributed by atoms with Crippen LogP contribution in [0.2, 0.25) is 0 Å². The molecule has 0 aliphatic carbocycles. The summed E-state index contributed by atoms with van der Waals surface area (Å²) in [5, 5.41) is 2.80. The number of fused-ring (bicyclic) bond motifs is 1. The summed E-state index contributed by atoms with van der Waals surface area (Å²) >= 11 is 0. The summed E-state index contributed by atoms with van der Waals surface area (Å²) < 4.78 is 30.4. The molecule has 2 aromatic rings. The van der Waals surface area contributed by atoms with E-state index in [0.29, 0.717) is 30.9 Å². The molecule has 23 heavy (non-hydrogen) atoms. The van der Waals surface area contributed by atoms with Gasteiger partial charge in [0, 0.05) is 6.54 Å². The van der Waals surface area contributed by atoms with Gasteiger partial charge in [-0.3, -0.25) is 4.79 Å². The first-order chi connectivity index (χ1) is 10.9. The van der Waals surface area contributed by atoms with Crippen molar-refractivity contribution in [3.63, 3.8) is 0 Å². The van der Waals surface area contributed by atoms with Gasteiger partial charge in [-0.15, -0.1) is 0 Å². The van der Waals surface area contributed by atoms with E-state index < -0.39 is 22.1 Å². The van der Waals surface area contributed by atoms with Crippen LogP contribution in [0, 0.1) is 0 Å². The molecule has 7 nitrogen and oxygen atoms in total. The molecule has 2 heterocycles. The van der Waals surface area contributed by atoms with Gasteiger partial charge in [-0.1, -0.05) is 12.1 Å².